The third-order valence-corrected chi connectivity index (χ3v) is 2.04. The molecule has 11 heavy (non-hydrogen) atoms. The fourth-order valence-corrected chi connectivity index (χ4v) is 1.03. The number of hydrogen-bond acceptors (Lipinski definition) is 0. The molecule has 0 aliphatic heterocycles. The van der Waals surface area contributed by atoms with Gasteiger partial charge in [0.2, 0.25) is 0 Å². The Kier molecular flexibility index (Phi) is 2.98. The Morgan fingerprint density at radius 3 is 2.27 bits per heavy atom. The van der Waals surface area contributed by atoms with E-state index in [1.54, 1.807) is 5.54 Å². The standard InChI is InChI=1S/C9H8Cl2/c1-7(6-10)8-2-4-9(11)5-3-8/h2-6H,1H3/b7-6+. The Morgan fingerprint density at radius 1 is 1.27 bits per heavy atom. The van der Waals surface area contributed by atoms with E-state index >= 15 is 0 Å². The minimum Gasteiger partial charge on any atom is -0.0926 e. The van der Waals surface area contributed by atoms with Crippen molar-refractivity contribution in [2.75, 3.05) is 0 Å². The molecule has 0 saturated heterocycles. The van der Waals surface area contributed by atoms with E-state index in [4.69, 9.17) is 23.2 Å². The zero-order chi connectivity index (χ0) is 8.27. The Hall–Kier alpha value is -0.460. The SMILES string of the molecule is C/C(=C\Cl)c1ccc(Cl)cc1. The predicted molar refractivity (Wildman–Crippen MR) is 51.0 cm³/mol. The van der Waals surface area contributed by atoms with E-state index in [1.165, 1.54) is 0 Å². The highest BCUT2D eigenvalue weighted by Crippen LogP contribution is 2.17. The zero-order valence-corrected chi connectivity index (χ0v) is 7.65. The van der Waals surface area contributed by atoms with Gasteiger partial charge in [-0.05, 0) is 30.2 Å². The first-order valence-electron chi connectivity index (χ1n) is 3.27. The summed E-state index contributed by atoms with van der Waals surface area (Å²) in [6, 6.07) is 7.58. The van der Waals surface area contributed by atoms with Crippen molar-refractivity contribution < 1.29 is 0 Å². The van der Waals surface area contributed by atoms with Crippen molar-refractivity contribution in [3.8, 4) is 0 Å². The van der Waals surface area contributed by atoms with E-state index in [-0.39, 0.29) is 0 Å². The lowest BCUT2D eigenvalue weighted by Crippen LogP contribution is -1.75. The van der Waals surface area contributed by atoms with Crippen LogP contribution in [0.15, 0.2) is 29.8 Å². The van der Waals surface area contributed by atoms with Crippen LogP contribution in [0.25, 0.3) is 5.57 Å². The van der Waals surface area contributed by atoms with Gasteiger partial charge in [-0.2, -0.15) is 0 Å². The highest BCUT2D eigenvalue weighted by Gasteiger charge is 1.93. The van der Waals surface area contributed by atoms with Crippen molar-refractivity contribution in [1.29, 1.82) is 0 Å². The molecule has 0 nitrogen and oxygen atoms in total. The van der Waals surface area contributed by atoms with Crippen LogP contribution in [0, 0.1) is 0 Å². The Balaban J connectivity index is 2.99. The highest BCUT2D eigenvalue weighted by atomic mass is 35.5. The molecular weight excluding hydrogens is 179 g/mol. The molecule has 0 heterocycles. The van der Waals surface area contributed by atoms with Crippen LogP contribution >= 0.6 is 23.2 Å². The molecule has 2 heteroatoms. The molecule has 0 fully saturated rings. The molecule has 0 N–H and O–H groups in total. The second-order valence-electron chi connectivity index (χ2n) is 2.30. The van der Waals surface area contributed by atoms with Crippen molar-refractivity contribution in [2.24, 2.45) is 0 Å². The fourth-order valence-electron chi connectivity index (χ4n) is 0.776. The second kappa shape index (κ2) is 3.80. The summed E-state index contributed by atoms with van der Waals surface area (Å²) in [5.41, 5.74) is 3.70. The van der Waals surface area contributed by atoms with Gasteiger partial charge in [-0.15, -0.1) is 0 Å². The summed E-state index contributed by atoms with van der Waals surface area (Å²) in [4.78, 5) is 0. The summed E-state index contributed by atoms with van der Waals surface area (Å²) in [7, 11) is 0. The van der Waals surface area contributed by atoms with Gasteiger partial charge in [0.25, 0.3) is 0 Å². The minimum absolute atomic E-state index is 0.746. The van der Waals surface area contributed by atoms with E-state index in [1.807, 2.05) is 31.2 Å². The van der Waals surface area contributed by atoms with Gasteiger partial charge < -0.3 is 0 Å². The second-order valence-corrected chi connectivity index (χ2v) is 2.95. The van der Waals surface area contributed by atoms with Crippen LogP contribution in [0.3, 0.4) is 0 Å². The van der Waals surface area contributed by atoms with Gasteiger partial charge >= 0.3 is 0 Å². The molecule has 0 bridgehead atoms. The van der Waals surface area contributed by atoms with E-state index in [9.17, 15) is 0 Å². The smallest absolute Gasteiger partial charge is 0.0406 e. The van der Waals surface area contributed by atoms with Gasteiger partial charge in [0.15, 0.2) is 0 Å². The average Bonchev–Trinajstić information content (AvgIpc) is 2.05. The maximum absolute atomic E-state index is 5.71. The van der Waals surface area contributed by atoms with Gasteiger partial charge in [0.05, 0.1) is 0 Å². The lowest BCUT2D eigenvalue weighted by molar-refractivity contribution is 1.58. The monoisotopic (exact) mass is 186 g/mol. The van der Waals surface area contributed by atoms with Crippen LogP contribution in [0.5, 0.6) is 0 Å². The Bertz CT molecular complexity index is 259. The number of hydrogen-bond donors (Lipinski definition) is 0. The first-order valence-corrected chi connectivity index (χ1v) is 4.08. The first kappa shape index (κ1) is 8.63. The van der Waals surface area contributed by atoms with Gasteiger partial charge in [-0.25, -0.2) is 0 Å². The molecule has 0 saturated carbocycles. The van der Waals surface area contributed by atoms with Gasteiger partial charge in [-0.3, -0.25) is 0 Å². The third-order valence-electron chi connectivity index (χ3n) is 1.46. The Morgan fingerprint density at radius 2 is 1.82 bits per heavy atom. The maximum Gasteiger partial charge on any atom is 0.0406 e. The molecule has 0 radical (unpaired) electrons. The van der Waals surface area contributed by atoms with Crippen LogP contribution in [0.2, 0.25) is 5.02 Å². The maximum atomic E-state index is 5.71. The van der Waals surface area contributed by atoms with Crippen molar-refractivity contribution >= 4 is 28.8 Å². The van der Waals surface area contributed by atoms with Crippen molar-refractivity contribution in [3.05, 3.63) is 40.4 Å². The molecule has 0 aliphatic rings. The average molecular weight is 187 g/mol. The van der Waals surface area contributed by atoms with E-state index in [2.05, 4.69) is 0 Å². The fraction of sp³-hybridized carbons (Fsp3) is 0.111. The third kappa shape index (κ3) is 2.25. The van der Waals surface area contributed by atoms with Crippen molar-refractivity contribution in [3.63, 3.8) is 0 Å². The highest BCUT2D eigenvalue weighted by molar-refractivity contribution is 6.30. The van der Waals surface area contributed by atoms with Crippen LogP contribution in [0.1, 0.15) is 12.5 Å². The molecule has 0 aliphatic carbocycles. The van der Waals surface area contributed by atoms with Gasteiger partial charge in [0.1, 0.15) is 0 Å². The lowest BCUT2D eigenvalue weighted by atomic mass is 10.1. The van der Waals surface area contributed by atoms with Crippen molar-refractivity contribution in [2.45, 2.75) is 6.92 Å². The molecule has 0 atom stereocenters. The predicted octanol–water partition coefficient (Wildman–Crippen LogP) is 3.94. The van der Waals surface area contributed by atoms with Gasteiger partial charge in [-0.1, -0.05) is 35.3 Å². The van der Waals surface area contributed by atoms with Gasteiger partial charge in [0, 0.05) is 10.6 Å². The normalized spacial score (nSPS) is 11.7. The summed E-state index contributed by atoms with van der Waals surface area (Å²) in [5, 5.41) is 0.746. The summed E-state index contributed by atoms with van der Waals surface area (Å²) in [6.07, 6.45) is 0. The summed E-state index contributed by atoms with van der Waals surface area (Å²) >= 11 is 11.2. The molecule has 0 aromatic heterocycles. The first-order chi connectivity index (χ1) is 5.24. The lowest BCUT2D eigenvalue weighted by Gasteiger charge is -1.98. The Labute approximate surface area is 76.4 Å². The molecule has 0 unspecified atom stereocenters. The number of rotatable bonds is 1. The van der Waals surface area contributed by atoms with Crippen molar-refractivity contribution in [1.82, 2.24) is 0 Å². The molecule has 0 spiro atoms. The van der Waals surface area contributed by atoms with Crippen LogP contribution in [0.4, 0.5) is 0 Å². The molecule has 0 amide bonds. The number of benzene rings is 1. The molecule has 58 valence electrons. The molecule has 1 rings (SSSR count). The van der Waals surface area contributed by atoms with Crippen LogP contribution in [-0.2, 0) is 0 Å². The van der Waals surface area contributed by atoms with E-state index in [0.717, 1.165) is 16.2 Å². The zero-order valence-electron chi connectivity index (χ0n) is 6.14. The summed E-state index contributed by atoms with van der Waals surface area (Å²) < 4.78 is 0. The quantitative estimate of drug-likeness (QED) is 0.624. The van der Waals surface area contributed by atoms with E-state index in [0.29, 0.717) is 0 Å². The summed E-state index contributed by atoms with van der Waals surface area (Å²) in [5.74, 6) is 0. The molecule has 1 aromatic rings. The summed E-state index contributed by atoms with van der Waals surface area (Å²) in [6.45, 7) is 1.95. The number of allylic oxidation sites excluding steroid dienone is 1. The minimum atomic E-state index is 0.746. The molecule has 1 aromatic carbocycles. The van der Waals surface area contributed by atoms with Crippen LogP contribution < -0.4 is 0 Å². The molecular formula is C9H8Cl2. The number of halogens is 2. The largest absolute Gasteiger partial charge is 0.0926 e. The van der Waals surface area contributed by atoms with Crippen LogP contribution in [-0.4, -0.2) is 0 Å². The topological polar surface area (TPSA) is 0 Å². The van der Waals surface area contributed by atoms with E-state index < -0.39 is 0 Å².